The lowest BCUT2D eigenvalue weighted by atomic mass is 10.2. The van der Waals surface area contributed by atoms with Gasteiger partial charge < -0.3 is 4.74 Å². The van der Waals surface area contributed by atoms with Crippen molar-refractivity contribution in [3.8, 4) is 5.75 Å². The van der Waals surface area contributed by atoms with Crippen LogP contribution in [0.4, 0.5) is 4.39 Å². The van der Waals surface area contributed by atoms with Crippen LogP contribution in [0.5, 0.6) is 5.75 Å². The van der Waals surface area contributed by atoms with Crippen LogP contribution in [0.3, 0.4) is 0 Å². The number of sulfonamides is 1. The maximum atomic E-state index is 13.4. The SMILES string of the molecule is NS(=O)(=O)CC1CCCN1CCOc1ccccc1F. The van der Waals surface area contributed by atoms with Gasteiger partial charge in [0.25, 0.3) is 0 Å². The van der Waals surface area contributed by atoms with Crippen LogP contribution in [0.1, 0.15) is 12.8 Å². The number of ether oxygens (including phenoxy) is 1. The molecule has 0 spiro atoms. The summed E-state index contributed by atoms with van der Waals surface area (Å²) in [6.07, 6.45) is 1.76. The number of halogens is 1. The van der Waals surface area contributed by atoms with Gasteiger partial charge in [-0.15, -0.1) is 0 Å². The molecule has 7 heteroatoms. The molecule has 0 radical (unpaired) electrons. The van der Waals surface area contributed by atoms with Gasteiger partial charge >= 0.3 is 0 Å². The summed E-state index contributed by atoms with van der Waals surface area (Å²) in [7, 11) is -3.47. The van der Waals surface area contributed by atoms with Crippen molar-refractivity contribution in [2.45, 2.75) is 18.9 Å². The standard InChI is InChI=1S/C13H19FN2O3S/c14-12-5-1-2-6-13(12)19-9-8-16-7-3-4-11(16)10-20(15,17)18/h1-2,5-6,11H,3-4,7-10H2,(H2,15,17,18). The fraction of sp³-hybridized carbons (Fsp3) is 0.538. The zero-order chi connectivity index (χ0) is 14.6. The summed E-state index contributed by atoms with van der Waals surface area (Å²) in [5, 5.41) is 5.08. The number of hydrogen-bond donors (Lipinski definition) is 1. The van der Waals surface area contributed by atoms with Gasteiger partial charge in [-0.2, -0.15) is 0 Å². The van der Waals surface area contributed by atoms with E-state index in [1.54, 1.807) is 18.2 Å². The Labute approximate surface area is 118 Å². The van der Waals surface area contributed by atoms with Gasteiger partial charge in [-0.1, -0.05) is 12.1 Å². The van der Waals surface area contributed by atoms with Gasteiger partial charge in [0.15, 0.2) is 11.6 Å². The van der Waals surface area contributed by atoms with E-state index in [1.165, 1.54) is 6.07 Å². The lowest BCUT2D eigenvalue weighted by Gasteiger charge is -2.23. The van der Waals surface area contributed by atoms with Crippen LogP contribution >= 0.6 is 0 Å². The zero-order valence-electron chi connectivity index (χ0n) is 11.2. The smallest absolute Gasteiger partial charge is 0.210 e. The summed E-state index contributed by atoms with van der Waals surface area (Å²) < 4.78 is 41.0. The molecule has 1 unspecified atom stereocenters. The van der Waals surface area contributed by atoms with E-state index >= 15 is 0 Å². The van der Waals surface area contributed by atoms with Crippen molar-refractivity contribution in [3.05, 3.63) is 30.1 Å². The highest BCUT2D eigenvalue weighted by Crippen LogP contribution is 2.19. The molecule has 1 aliphatic rings. The Bertz CT molecular complexity index is 550. The third-order valence-electron chi connectivity index (χ3n) is 3.40. The minimum atomic E-state index is -3.47. The van der Waals surface area contributed by atoms with E-state index in [4.69, 9.17) is 9.88 Å². The van der Waals surface area contributed by atoms with Crippen molar-refractivity contribution in [3.63, 3.8) is 0 Å². The van der Waals surface area contributed by atoms with Gasteiger partial charge in [-0.05, 0) is 31.5 Å². The molecule has 2 N–H and O–H groups in total. The first-order chi connectivity index (χ1) is 9.46. The lowest BCUT2D eigenvalue weighted by molar-refractivity contribution is 0.201. The summed E-state index contributed by atoms with van der Waals surface area (Å²) in [4.78, 5) is 2.03. The van der Waals surface area contributed by atoms with Crippen molar-refractivity contribution >= 4 is 10.0 Å². The van der Waals surface area contributed by atoms with E-state index < -0.39 is 15.8 Å². The molecular weight excluding hydrogens is 283 g/mol. The van der Waals surface area contributed by atoms with Gasteiger partial charge in [-0.25, -0.2) is 17.9 Å². The molecule has 1 atom stereocenters. The fourth-order valence-corrected chi connectivity index (χ4v) is 3.39. The Kier molecular flexibility index (Phi) is 4.95. The van der Waals surface area contributed by atoms with Crippen LogP contribution in [-0.4, -0.2) is 44.8 Å². The second kappa shape index (κ2) is 6.51. The molecule has 1 aromatic carbocycles. The van der Waals surface area contributed by atoms with Crippen LogP contribution in [0.25, 0.3) is 0 Å². The molecule has 1 fully saturated rings. The zero-order valence-corrected chi connectivity index (χ0v) is 12.0. The van der Waals surface area contributed by atoms with Gasteiger partial charge in [-0.3, -0.25) is 4.90 Å². The topological polar surface area (TPSA) is 72.6 Å². The molecule has 0 aromatic heterocycles. The molecular formula is C13H19FN2O3S. The number of nitrogens with two attached hydrogens (primary N) is 1. The molecule has 5 nitrogen and oxygen atoms in total. The number of benzene rings is 1. The third-order valence-corrected chi connectivity index (χ3v) is 4.25. The predicted molar refractivity (Wildman–Crippen MR) is 74.5 cm³/mol. The number of primary sulfonamides is 1. The van der Waals surface area contributed by atoms with E-state index in [2.05, 4.69) is 0 Å². The quantitative estimate of drug-likeness (QED) is 0.849. The molecule has 0 aliphatic carbocycles. The molecule has 112 valence electrons. The van der Waals surface area contributed by atoms with Crippen LogP contribution < -0.4 is 9.88 Å². The van der Waals surface area contributed by atoms with Crippen molar-refractivity contribution in [2.75, 3.05) is 25.4 Å². The first-order valence-electron chi connectivity index (χ1n) is 6.57. The number of likely N-dealkylation sites (tertiary alicyclic amines) is 1. The van der Waals surface area contributed by atoms with E-state index in [1.807, 2.05) is 4.90 Å². The maximum Gasteiger partial charge on any atom is 0.210 e. The van der Waals surface area contributed by atoms with Gasteiger partial charge in [0, 0.05) is 12.6 Å². The molecule has 1 heterocycles. The Hall–Kier alpha value is -1.18. The average molecular weight is 302 g/mol. The fourth-order valence-electron chi connectivity index (χ4n) is 2.48. The Morgan fingerprint density at radius 3 is 2.85 bits per heavy atom. The molecule has 20 heavy (non-hydrogen) atoms. The van der Waals surface area contributed by atoms with E-state index in [9.17, 15) is 12.8 Å². The summed E-state index contributed by atoms with van der Waals surface area (Å²) in [6, 6.07) is 6.16. The van der Waals surface area contributed by atoms with Crippen LogP contribution in [0, 0.1) is 5.82 Å². The normalized spacial score (nSPS) is 20.2. The first kappa shape index (κ1) is 15.2. The first-order valence-corrected chi connectivity index (χ1v) is 8.29. The Morgan fingerprint density at radius 1 is 1.40 bits per heavy atom. The maximum absolute atomic E-state index is 13.4. The van der Waals surface area contributed by atoms with Crippen LogP contribution in [-0.2, 0) is 10.0 Å². The largest absolute Gasteiger partial charge is 0.489 e. The van der Waals surface area contributed by atoms with Crippen molar-refractivity contribution in [2.24, 2.45) is 5.14 Å². The Morgan fingerprint density at radius 2 is 2.15 bits per heavy atom. The summed E-state index contributed by atoms with van der Waals surface area (Å²) in [5.74, 6) is -0.211. The highest BCUT2D eigenvalue weighted by molar-refractivity contribution is 7.89. The number of nitrogens with zero attached hydrogens (tertiary/aromatic N) is 1. The van der Waals surface area contributed by atoms with E-state index in [-0.39, 0.29) is 17.5 Å². The van der Waals surface area contributed by atoms with Crippen LogP contribution in [0.2, 0.25) is 0 Å². The minimum absolute atomic E-state index is 0.0350. The predicted octanol–water partition coefficient (Wildman–Crippen LogP) is 0.957. The number of rotatable bonds is 6. The van der Waals surface area contributed by atoms with Crippen molar-refractivity contribution in [1.82, 2.24) is 4.90 Å². The molecule has 0 saturated carbocycles. The van der Waals surface area contributed by atoms with Gasteiger partial charge in [0.2, 0.25) is 10.0 Å². The number of hydrogen-bond acceptors (Lipinski definition) is 4. The number of para-hydroxylation sites is 1. The minimum Gasteiger partial charge on any atom is -0.489 e. The Balaban J connectivity index is 1.83. The third kappa shape index (κ3) is 4.43. The van der Waals surface area contributed by atoms with E-state index in [0.717, 1.165) is 19.4 Å². The summed E-state index contributed by atoms with van der Waals surface area (Å²) in [6.45, 7) is 1.71. The molecule has 0 bridgehead atoms. The van der Waals surface area contributed by atoms with Crippen LogP contribution in [0.15, 0.2) is 24.3 Å². The van der Waals surface area contributed by atoms with Crippen molar-refractivity contribution < 1.29 is 17.5 Å². The van der Waals surface area contributed by atoms with Gasteiger partial charge in [0.05, 0.1) is 5.75 Å². The van der Waals surface area contributed by atoms with Crippen molar-refractivity contribution in [1.29, 1.82) is 0 Å². The highest BCUT2D eigenvalue weighted by atomic mass is 32.2. The second-order valence-electron chi connectivity index (χ2n) is 4.94. The molecule has 1 saturated heterocycles. The summed E-state index contributed by atoms with van der Waals surface area (Å²) >= 11 is 0. The monoisotopic (exact) mass is 302 g/mol. The average Bonchev–Trinajstić information content (AvgIpc) is 2.77. The summed E-state index contributed by atoms with van der Waals surface area (Å²) in [5.41, 5.74) is 0. The highest BCUT2D eigenvalue weighted by Gasteiger charge is 2.27. The molecule has 1 aromatic rings. The van der Waals surface area contributed by atoms with Gasteiger partial charge in [0.1, 0.15) is 6.61 Å². The molecule has 0 amide bonds. The lowest BCUT2D eigenvalue weighted by Crippen LogP contribution is -2.39. The molecule has 2 rings (SSSR count). The second-order valence-corrected chi connectivity index (χ2v) is 6.60. The van der Waals surface area contributed by atoms with E-state index in [0.29, 0.717) is 13.2 Å². The molecule has 1 aliphatic heterocycles.